The number of anilines is 1. The van der Waals surface area contributed by atoms with E-state index in [1.165, 1.54) is 0 Å². The van der Waals surface area contributed by atoms with E-state index < -0.39 is 5.91 Å². The first-order chi connectivity index (χ1) is 6.65. The van der Waals surface area contributed by atoms with Gasteiger partial charge in [0, 0.05) is 4.47 Å². The maximum Gasteiger partial charge on any atom is 0.303 e. The van der Waals surface area contributed by atoms with Gasteiger partial charge in [-0.3, -0.25) is 9.59 Å². The lowest BCUT2D eigenvalue weighted by atomic mass is 10.3. The fourth-order valence-corrected chi connectivity index (χ4v) is 1.33. The van der Waals surface area contributed by atoms with E-state index >= 15 is 0 Å². The summed E-state index contributed by atoms with van der Waals surface area (Å²) < 4.78 is 0.716. The van der Waals surface area contributed by atoms with Crippen molar-refractivity contribution >= 4 is 33.8 Å². The lowest BCUT2D eigenvalue weighted by Crippen LogP contribution is -2.48. The molecule has 0 fully saturated rings. The summed E-state index contributed by atoms with van der Waals surface area (Å²) in [6, 6.07) is 7.02. The summed E-state index contributed by atoms with van der Waals surface area (Å²) in [5.74, 6) is 4.68. The molecule has 74 valence electrons. The highest BCUT2D eigenvalue weighted by Gasteiger charge is 2.07. The lowest BCUT2D eigenvalue weighted by molar-refractivity contribution is -0.131. The number of carbonyl (C=O) groups is 2. The highest BCUT2D eigenvalue weighted by molar-refractivity contribution is 9.10. The van der Waals surface area contributed by atoms with E-state index in [4.69, 9.17) is 5.84 Å². The number of nitrogens with two attached hydrogens (primary N) is 1. The van der Waals surface area contributed by atoms with Gasteiger partial charge in [0.05, 0.1) is 5.69 Å². The monoisotopic (exact) mass is 257 g/mol. The highest BCUT2D eigenvalue weighted by atomic mass is 79.9. The van der Waals surface area contributed by atoms with Gasteiger partial charge in [-0.05, 0) is 28.1 Å². The molecule has 0 radical (unpaired) electrons. The Morgan fingerprint density at radius 3 is 2.71 bits per heavy atom. The van der Waals surface area contributed by atoms with Gasteiger partial charge in [-0.1, -0.05) is 12.1 Å². The zero-order chi connectivity index (χ0) is 10.6. The van der Waals surface area contributed by atoms with E-state index in [1.54, 1.807) is 18.2 Å². The van der Waals surface area contributed by atoms with E-state index in [9.17, 15) is 9.59 Å². The predicted octanol–water partition coefficient (Wildman–Crippen LogP) is 0.359. The summed E-state index contributed by atoms with van der Waals surface area (Å²) in [5, 5.41) is 0.973. The Bertz CT molecular complexity index is 356. The quantitative estimate of drug-likeness (QED) is 0.355. The molecule has 0 bridgehead atoms. The second-order valence-electron chi connectivity index (χ2n) is 2.42. The normalized spacial score (nSPS) is 9.29. The number of hydrazine groups is 2. The average Bonchev–Trinajstić information content (AvgIpc) is 2.18. The van der Waals surface area contributed by atoms with Crippen molar-refractivity contribution < 1.29 is 9.59 Å². The average molecular weight is 258 g/mol. The Kier molecular flexibility index (Phi) is 3.61. The van der Waals surface area contributed by atoms with E-state index in [0.29, 0.717) is 10.2 Å². The van der Waals surface area contributed by atoms with Crippen LogP contribution in [0, 0.1) is 0 Å². The molecule has 0 aliphatic heterocycles. The Morgan fingerprint density at radius 2 is 2.14 bits per heavy atom. The molecule has 1 rings (SSSR count). The molecule has 0 spiro atoms. The molecule has 0 atom stereocenters. The van der Waals surface area contributed by atoms with Crippen LogP contribution in [0.2, 0.25) is 0 Å². The molecule has 0 aliphatic rings. The molecule has 6 heteroatoms. The Balaban J connectivity index is 2.79. The van der Waals surface area contributed by atoms with E-state index in [-0.39, 0.29) is 6.29 Å². The minimum Gasteiger partial charge on any atom is -0.292 e. The molecule has 0 heterocycles. The van der Waals surface area contributed by atoms with Gasteiger partial charge < -0.3 is 0 Å². The largest absolute Gasteiger partial charge is 0.303 e. The third-order valence-corrected chi connectivity index (χ3v) is 2.12. The van der Waals surface area contributed by atoms with Gasteiger partial charge in [-0.2, -0.15) is 0 Å². The lowest BCUT2D eigenvalue weighted by Gasteiger charge is -2.18. The smallest absolute Gasteiger partial charge is 0.292 e. The number of carbonyl (C=O) groups excluding carboxylic acids is 2. The van der Waals surface area contributed by atoms with Gasteiger partial charge in [0.25, 0.3) is 0 Å². The van der Waals surface area contributed by atoms with E-state index in [0.717, 1.165) is 5.12 Å². The van der Waals surface area contributed by atoms with Crippen molar-refractivity contribution in [2.45, 2.75) is 0 Å². The van der Waals surface area contributed by atoms with Crippen LogP contribution >= 0.6 is 15.9 Å². The minimum absolute atomic E-state index is 0.150. The van der Waals surface area contributed by atoms with Crippen LogP contribution in [0.15, 0.2) is 28.7 Å². The topological polar surface area (TPSA) is 75.4 Å². The SMILES string of the molecule is NN(NC(=O)C=O)c1ccccc1Br. The van der Waals surface area contributed by atoms with Crippen LogP contribution < -0.4 is 16.4 Å². The molecule has 0 saturated carbocycles. The molecular weight excluding hydrogens is 250 g/mol. The van der Waals surface area contributed by atoms with Gasteiger partial charge in [0.15, 0.2) is 0 Å². The molecule has 0 unspecified atom stereocenters. The predicted molar refractivity (Wildman–Crippen MR) is 55.0 cm³/mol. The summed E-state index contributed by atoms with van der Waals surface area (Å²) in [6.07, 6.45) is 0.150. The molecule has 14 heavy (non-hydrogen) atoms. The first kappa shape index (κ1) is 10.7. The van der Waals surface area contributed by atoms with Gasteiger partial charge in [0.2, 0.25) is 6.29 Å². The van der Waals surface area contributed by atoms with Crippen LogP contribution in [-0.4, -0.2) is 12.2 Å². The number of aldehydes is 1. The fraction of sp³-hybridized carbons (Fsp3) is 0. The standard InChI is InChI=1S/C8H8BrN3O2/c9-6-3-1-2-4-7(6)12(10)11-8(14)5-13/h1-5H,10H2,(H,11,14). The summed E-state index contributed by atoms with van der Waals surface area (Å²) >= 11 is 3.25. The Hall–Kier alpha value is -1.40. The zero-order valence-electron chi connectivity index (χ0n) is 7.11. The summed E-state index contributed by atoms with van der Waals surface area (Å²) in [4.78, 5) is 20.7. The van der Waals surface area contributed by atoms with Crippen LogP contribution in [0.5, 0.6) is 0 Å². The number of para-hydroxylation sites is 1. The number of hydrogen-bond donors (Lipinski definition) is 2. The molecule has 0 aromatic heterocycles. The van der Waals surface area contributed by atoms with E-state index in [2.05, 4.69) is 21.4 Å². The molecule has 1 aromatic rings. The van der Waals surface area contributed by atoms with Crippen LogP contribution in [0.4, 0.5) is 5.69 Å². The molecule has 1 amide bonds. The summed E-state index contributed by atoms with van der Waals surface area (Å²) in [6.45, 7) is 0. The first-order valence-corrected chi connectivity index (χ1v) is 4.49. The maximum atomic E-state index is 10.7. The Labute approximate surface area is 88.9 Å². The van der Waals surface area contributed by atoms with Crippen molar-refractivity contribution in [3.8, 4) is 0 Å². The van der Waals surface area contributed by atoms with Crippen molar-refractivity contribution in [2.75, 3.05) is 5.12 Å². The number of hydrogen-bond acceptors (Lipinski definition) is 4. The first-order valence-electron chi connectivity index (χ1n) is 3.70. The summed E-state index contributed by atoms with van der Waals surface area (Å²) in [5.41, 5.74) is 2.72. The van der Waals surface area contributed by atoms with Crippen LogP contribution in [-0.2, 0) is 9.59 Å². The maximum absolute atomic E-state index is 10.7. The van der Waals surface area contributed by atoms with Crippen molar-refractivity contribution in [3.63, 3.8) is 0 Å². The Morgan fingerprint density at radius 1 is 1.50 bits per heavy atom. The molecule has 3 N–H and O–H groups in total. The van der Waals surface area contributed by atoms with Gasteiger partial charge in [0.1, 0.15) is 0 Å². The number of halogens is 1. The van der Waals surface area contributed by atoms with Crippen LogP contribution in [0.25, 0.3) is 0 Å². The van der Waals surface area contributed by atoms with Crippen LogP contribution in [0.3, 0.4) is 0 Å². The molecule has 0 saturated heterocycles. The third-order valence-electron chi connectivity index (χ3n) is 1.45. The van der Waals surface area contributed by atoms with Gasteiger partial charge >= 0.3 is 5.91 Å². The van der Waals surface area contributed by atoms with E-state index in [1.807, 2.05) is 6.07 Å². The minimum atomic E-state index is -0.803. The van der Waals surface area contributed by atoms with Crippen molar-refractivity contribution in [3.05, 3.63) is 28.7 Å². The highest BCUT2D eigenvalue weighted by Crippen LogP contribution is 2.22. The molecule has 0 aliphatic carbocycles. The molecular formula is C8H8BrN3O2. The number of benzene rings is 1. The molecule has 1 aromatic carbocycles. The number of amides is 1. The number of nitrogens with one attached hydrogen (secondary N) is 1. The van der Waals surface area contributed by atoms with Crippen molar-refractivity contribution in [2.24, 2.45) is 5.84 Å². The van der Waals surface area contributed by atoms with Gasteiger partial charge in [-0.15, -0.1) is 0 Å². The van der Waals surface area contributed by atoms with Crippen molar-refractivity contribution in [1.82, 2.24) is 5.43 Å². The number of nitrogens with zero attached hydrogens (tertiary/aromatic N) is 1. The zero-order valence-corrected chi connectivity index (χ0v) is 8.69. The summed E-state index contributed by atoms with van der Waals surface area (Å²) in [7, 11) is 0. The number of rotatable bonds is 3. The second kappa shape index (κ2) is 4.73. The second-order valence-corrected chi connectivity index (χ2v) is 3.27. The van der Waals surface area contributed by atoms with Crippen LogP contribution in [0.1, 0.15) is 0 Å². The third kappa shape index (κ3) is 2.54. The molecule has 5 nitrogen and oxygen atoms in total. The van der Waals surface area contributed by atoms with Gasteiger partial charge in [-0.25, -0.2) is 16.4 Å². The fourth-order valence-electron chi connectivity index (χ4n) is 0.852. The van der Waals surface area contributed by atoms with Crippen molar-refractivity contribution in [1.29, 1.82) is 0 Å².